The molecule has 7 nitrogen and oxygen atoms in total. The van der Waals surface area contributed by atoms with Gasteiger partial charge in [0.15, 0.2) is 5.69 Å². The van der Waals surface area contributed by atoms with Gasteiger partial charge in [-0.15, -0.1) is 0 Å². The van der Waals surface area contributed by atoms with Gasteiger partial charge >= 0.3 is 5.97 Å². The van der Waals surface area contributed by atoms with E-state index in [1.165, 1.54) is 6.92 Å². The number of aryl methyl sites for hydroxylation is 1. The lowest BCUT2D eigenvalue weighted by Gasteiger charge is -1.95. The second-order valence-corrected chi connectivity index (χ2v) is 3.87. The number of aromatic nitrogens is 2. The van der Waals surface area contributed by atoms with Crippen LogP contribution in [0.15, 0.2) is 4.90 Å². The maximum Gasteiger partial charge on any atom is 0.357 e. The largest absolute Gasteiger partial charge is 0.476 e. The average Bonchev–Trinajstić information content (AvgIpc) is 2.28. The zero-order valence-electron chi connectivity index (χ0n) is 6.60. The highest BCUT2D eigenvalue weighted by Gasteiger charge is 2.24. The monoisotopic (exact) mass is 205 g/mol. The lowest BCUT2D eigenvalue weighted by molar-refractivity contribution is 0.0686. The number of hydrogen-bond acceptors (Lipinski definition) is 4. The molecule has 1 heterocycles. The predicted octanol–water partition coefficient (Wildman–Crippen LogP) is -0.936. The summed E-state index contributed by atoms with van der Waals surface area (Å²) in [6.07, 6.45) is 0. The van der Waals surface area contributed by atoms with E-state index in [1.807, 2.05) is 0 Å². The molecule has 0 unspecified atom stereocenters. The van der Waals surface area contributed by atoms with Gasteiger partial charge in [-0.1, -0.05) is 0 Å². The summed E-state index contributed by atoms with van der Waals surface area (Å²) in [5.74, 6) is -1.44. The number of nitrogens with one attached hydrogen (secondary N) is 1. The van der Waals surface area contributed by atoms with E-state index in [0.717, 1.165) is 0 Å². The summed E-state index contributed by atoms with van der Waals surface area (Å²) in [5.41, 5.74) is -0.472. The van der Waals surface area contributed by atoms with E-state index in [4.69, 9.17) is 10.2 Å². The van der Waals surface area contributed by atoms with Crippen molar-refractivity contribution in [3.8, 4) is 0 Å². The van der Waals surface area contributed by atoms with Crippen molar-refractivity contribution < 1.29 is 18.3 Å². The van der Waals surface area contributed by atoms with Crippen molar-refractivity contribution in [2.45, 2.75) is 11.8 Å². The molecule has 0 aliphatic rings. The maximum absolute atomic E-state index is 10.9. The molecule has 0 bridgehead atoms. The minimum absolute atomic E-state index is 0.111. The van der Waals surface area contributed by atoms with Crippen LogP contribution in [0.5, 0.6) is 0 Å². The number of carboxylic acids is 1. The Hall–Kier alpha value is -1.41. The third-order valence-electron chi connectivity index (χ3n) is 1.38. The van der Waals surface area contributed by atoms with Crippen LogP contribution < -0.4 is 5.14 Å². The highest BCUT2D eigenvalue weighted by Crippen LogP contribution is 2.15. The van der Waals surface area contributed by atoms with Crippen LogP contribution in [0.1, 0.15) is 16.2 Å². The number of primary sulfonamides is 1. The Morgan fingerprint density at radius 1 is 1.62 bits per heavy atom. The molecule has 0 spiro atoms. The molecule has 0 amide bonds. The van der Waals surface area contributed by atoms with Gasteiger partial charge in [0.2, 0.25) is 10.0 Å². The van der Waals surface area contributed by atoms with Crippen LogP contribution in [0.25, 0.3) is 0 Å². The molecule has 0 atom stereocenters. The number of aromatic carboxylic acids is 1. The van der Waals surface area contributed by atoms with Crippen LogP contribution in [0, 0.1) is 6.92 Å². The Kier molecular flexibility index (Phi) is 2.10. The molecular weight excluding hydrogens is 198 g/mol. The molecule has 1 aromatic rings. The standard InChI is InChI=1S/C5H7N3O4S/c1-2-4(13(6,11)12)3(5(9)10)8-7-2/h1H3,(H,7,8)(H,9,10)(H2,6,11,12). The highest BCUT2D eigenvalue weighted by atomic mass is 32.2. The molecule has 0 aliphatic heterocycles. The summed E-state index contributed by atoms with van der Waals surface area (Å²) < 4.78 is 21.8. The van der Waals surface area contributed by atoms with E-state index < -0.39 is 26.6 Å². The number of carboxylic acid groups (broad SMARTS) is 1. The molecule has 0 aromatic carbocycles. The summed E-state index contributed by atoms with van der Waals surface area (Å²) in [6, 6.07) is 0. The number of hydrogen-bond donors (Lipinski definition) is 3. The number of rotatable bonds is 2. The molecule has 8 heteroatoms. The van der Waals surface area contributed by atoms with Crippen molar-refractivity contribution in [1.29, 1.82) is 0 Å². The van der Waals surface area contributed by atoms with Gasteiger partial charge in [0.1, 0.15) is 4.90 Å². The summed E-state index contributed by atoms with van der Waals surface area (Å²) in [7, 11) is -4.04. The first-order valence-corrected chi connectivity index (χ1v) is 4.69. The van der Waals surface area contributed by atoms with E-state index >= 15 is 0 Å². The summed E-state index contributed by atoms with van der Waals surface area (Å²) in [4.78, 5) is 10.0. The third kappa shape index (κ3) is 1.68. The third-order valence-corrected chi connectivity index (χ3v) is 2.45. The molecule has 1 aromatic heterocycles. The van der Waals surface area contributed by atoms with E-state index in [0.29, 0.717) is 0 Å². The number of aromatic amines is 1. The molecule has 1 rings (SSSR count). The van der Waals surface area contributed by atoms with Crippen molar-refractivity contribution in [3.63, 3.8) is 0 Å². The first-order valence-electron chi connectivity index (χ1n) is 3.15. The lowest BCUT2D eigenvalue weighted by atomic mass is 10.4. The van der Waals surface area contributed by atoms with Gasteiger partial charge in [-0.2, -0.15) is 5.10 Å². The summed E-state index contributed by atoms with van der Waals surface area (Å²) in [5, 5.41) is 18.9. The zero-order chi connectivity index (χ0) is 10.2. The van der Waals surface area contributed by atoms with Crippen LogP contribution in [0.3, 0.4) is 0 Å². The Labute approximate surface area is 73.6 Å². The smallest absolute Gasteiger partial charge is 0.357 e. The first-order chi connectivity index (χ1) is 5.84. The van der Waals surface area contributed by atoms with Crippen LogP contribution in [-0.2, 0) is 10.0 Å². The number of sulfonamides is 1. The lowest BCUT2D eigenvalue weighted by Crippen LogP contribution is -2.16. The van der Waals surface area contributed by atoms with Gasteiger partial charge in [-0.3, -0.25) is 5.10 Å². The molecule has 0 aliphatic carbocycles. The van der Waals surface area contributed by atoms with Gasteiger partial charge in [-0.05, 0) is 6.92 Å². The second kappa shape index (κ2) is 2.82. The number of carbonyl (C=O) groups is 1. The quantitative estimate of drug-likeness (QED) is 0.574. The fourth-order valence-corrected chi connectivity index (χ4v) is 1.79. The van der Waals surface area contributed by atoms with Crippen LogP contribution in [0.2, 0.25) is 0 Å². The van der Waals surface area contributed by atoms with Gasteiger partial charge < -0.3 is 5.11 Å². The maximum atomic E-state index is 10.9. The molecule has 13 heavy (non-hydrogen) atoms. The van der Waals surface area contributed by atoms with Crippen molar-refractivity contribution >= 4 is 16.0 Å². The number of nitrogens with two attached hydrogens (primary N) is 1. The van der Waals surface area contributed by atoms with Crippen molar-refractivity contribution in [2.75, 3.05) is 0 Å². The molecule has 0 radical (unpaired) electrons. The Morgan fingerprint density at radius 3 is 2.46 bits per heavy atom. The second-order valence-electron chi connectivity index (χ2n) is 2.38. The summed E-state index contributed by atoms with van der Waals surface area (Å²) >= 11 is 0. The molecular formula is C5H7N3O4S. The van der Waals surface area contributed by atoms with Gasteiger partial charge in [0, 0.05) is 0 Å². The Balaban J connectivity index is 3.51. The van der Waals surface area contributed by atoms with Crippen LogP contribution in [-0.4, -0.2) is 29.7 Å². The van der Waals surface area contributed by atoms with Crippen LogP contribution >= 0.6 is 0 Å². The van der Waals surface area contributed by atoms with E-state index in [-0.39, 0.29) is 5.69 Å². The summed E-state index contributed by atoms with van der Waals surface area (Å²) in [6.45, 7) is 1.37. The first kappa shape index (κ1) is 9.68. The molecule has 0 saturated carbocycles. The number of nitrogens with zero attached hydrogens (tertiary/aromatic N) is 1. The average molecular weight is 205 g/mol. The van der Waals surface area contributed by atoms with Crippen molar-refractivity contribution in [1.82, 2.24) is 10.2 Å². The molecule has 0 fully saturated rings. The Bertz CT molecular complexity index is 446. The minimum atomic E-state index is -4.04. The number of H-pyrrole nitrogens is 1. The van der Waals surface area contributed by atoms with E-state index in [9.17, 15) is 13.2 Å². The van der Waals surface area contributed by atoms with Crippen molar-refractivity contribution in [2.24, 2.45) is 5.14 Å². The van der Waals surface area contributed by atoms with E-state index in [2.05, 4.69) is 10.2 Å². The van der Waals surface area contributed by atoms with Gasteiger partial charge in [0.05, 0.1) is 5.69 Å². The predicted molar refractivity (Wildman–Crippen MR) is 41.7 cm³/mol. The van der Waals surface area contributed by atoms with Crippen molar-refractivity contribution in [3.05, 3.63) is 11.4 Å². The van der Waals surface area contributed by atoms with Crippen LogP contribution in [0.4, 0.5) is 0 Å². The fraction of sp³-hybridized carbons (Fsp3) is 0.200. The molecule has 4 N–H and O–H groups in total. The van der Waals surface area contributed by atoms with Gasteiger partial charge in [0.25, 0.3) is 0 Å². The minimum Gasteiger partial charge on any atom is -0.476 e. The zero-order valence-corrected chi connectivity index (χ0v) is 7.42. The van der Waals surface area contributed by atoms with Gasteiger partial charge in [-0.25, -0.2) is 18.4 Å². The normalized spacial score (nSPS) is 11.5. The fourth-order valence-electron chi connectivity index (χ4n) is 0.912. The molecule has 72 valence electrons. The topological polar surface area (TPSA) is 126 Å². The SMILES string of the molecule is Cc1[nH]nc(C(=O)O)c1S(N)(=O)=O. The highest BCUT2D eigenvalue weighted by molar-refractivity contribution is 7.89. The molecule has 0 saturated heterocycles. The Morgan fingerprint density at radius 2 is 2.15 bits per heavy atom. The van der Waals surface area contributed by atoms with E-state index in [1.54, 1.807) is 0 Å².